The molecule has 0 radical (unpaired) electrons. The molecule has 1 atom stereocenters. The molecule has 3 N–H and O–H groups in total. The highest BCUT2D eigenvalue weighted by Gasteiger charge is 2.16. The fourth-order valence-corrected chi connectivity index (χ4v) is 2.78. The Bertz CT molecular complexity index is 456. The molecule has 1 saturated heterocycles. The van der Waals surface area contributed by atoms with Crippen LogP contribution in [0.25, 0.3) is 0 Å². The molecule has 0 aromatic carbocycles. The van der Waals surface area contributed by atoms with Gasteiger partial charge in [-0.15, -0.1) is 0 Å². The predicted octanol–water partition coefficient (Wildman–Crippen LogP) is 0.950. The minimum Gasteiger partial charge on any atom is -0.444 e. The Morgan fingerprint density at radius 2 is 1.74 bits per heavy atom. The first kappa shape index (κ1) is 23.5. The van der Waals surface area contributed by atoms with Gasteiger partial charge >= 0.3 is 6.09 Å². The Kier molecular flexibility index (Phi) is 10.5. The van der Waals surface area contributed by atoms with E-state index in [2.05, 4.69) is 44.7 Å². The average molecular weight is 385 g/mol. The molecule has 1 aliphatic rings. The molecule has 1 amide bonds. The summed E-state index contributed by atoms with van der Waals surface area (Å²) in [6.45, 7) is 18.1. The van der Waals surface area contributed by atoms with Crippen LogP contribution < -0.4 is 16.0 Å². The monoisotopic (exact) mass is 384 g/mol. The maximum atomic E-state index is 11.6. The largest absolute Gasteiger partial charge is 0.444 e. The first-order valence-electron chi connectivity index (χ1n) is 10.1. The Hall–Kier alpha value is -1.54. The van der Waals surface area contributed by atoms with E-state index in [1.807, 2.05) is 27.7 Å². The van der Waals surface area contributed by atoms with Gasteiger partial charge in [0, 0.05) is 58.9 Å². The van der Waals surface area contributed by atoms with E-state index in [0.717, 1.165) is 51.8 Å². The number of alkyl carbamates (subject to hydrolysis) is 1. The lowest BCUT2D eigenvalue weighted by Crippen LogP contribution is -2.46. The minimum atomic E-state index is -0.478. The quantitative estimate of drug-likeness (QED) is 0.328. The van der Waals surface area contributed by atoms with Crippen LogP contribution in [0, 0.1) is 5.92 Å². The number of hydrogen-bond donors (Lipinski definition) is 3. The number of nitrogens with zero attached hydrogens (tertiary/aromatic N) is 3. The van der Waals surface area contributed by atoms with Crippen molar-refractivity contribution < 1.29 is 9.53 Å². The van der Waals surface area contributed by atoms with Crippen LogP contribution in [0.5, 0.6) is 0 Å². The third kappa shape index (κ3) is 11.7. The number of amides is 1. The summed E-state index contributed by atoms with van der Waals surface area (Å²) in [6.07, 6.45) is -0.396. The van der Waals surface area contributed by atoms with Crippen molar-refractivity contribution >= 4 is 12.1 Å². The van der Waals surface area contributed by atoms with Gasteiger partial charge in [-0.2, -0.15) is 0 Å². The van der Waals surface area contributed by atoms with Crippen LogP contribution in [0.1, 0.15) is 34.6 Å². The molecular weight excluding hydrogens is 344 g/mol. The van der Waals surface area contributed by atoms with Crippen LogP contribution in [0.3, 0.4) is 0 Å². The number of nitrogens with one attached hydrogen (secondary N) is 3. The lowest BCUT2D eigenvalue weighted by molar-refractivity contribution is 0.0529. The highest BCUT2D eigenvalue weighted by molar-refractivity contribution is 5.79. The smallest absolute Gasteiger partial charge is 0.407 e. The summed E-state index contributed by atoms with van der Waals surface area (Å²) in [4.78, 5) is 21.2. The van der Waals surface area contributed by atoms with E-state index in [1.165, 1.54) is 0 Å². The molecule has 1 heterocycles. The number of rotatable bonds is 8. The maximum Gasteiger partial charge on any atom is 0.407 e. The van der Waals surface area contributed by atoms with Gasteiger partial charge in [0.2, 0.25) is 0 Å². The van der Waals surface area contributed by atoms with Crippen LogP contribution in [0.4, 0.5) is 4.79 Å². The summed E-state index contributed by atoms with van der Waals surface area (Å²) in [7, 11) is 2.18. The minimum absolute atomic E-state index is 0.396. The van der Waals surface area contributed by atoms with E-state index >= 15 is 0 Å². The molecule has 0 spiro atoms. The highest BCUT2D eigenvalue weighted by atomic mass is 16.6. The summed E-state index contributed by atoms with van der Waals surface area (Å²) in [6, 6.07) is 0. The van der Waals surface area contributed by atoms with E-state index in [9.17, 15) is 4.79 Å². The highest BCUT2D eigenvalue weighted by Crippen LogP contribution is 2.06. The summed E-state index contributed by atoms with van der Waals surface area (Å²) in [5, 5.41) is 9.24. The zero-order chi connectivity index (χ0) is 20.3. The van der Waals surface area contributed by atoms with E-state index in [4.69, 9.17) is 4.74 Å². The van der Waals surface area contributed by atoms with E-state index in [-0.39, 0.29) is 0 Å². The van der Waals surface area contributed by atoms with Crippen molar-refractivity contribution in [3.8, 4) is 0 Å². The van der Waals surface area contributed by atoms with Crippen LogP contribution in [0.15, 0.2) is 4.99 Å². The fraction of sp³-hybridized carbons (Fsp3) is 0.895. The van der Waals surface area contributed by atoms with Gasteiger partial charge in [0.1, 0.15) is 5.60 Å². The summed E-state index contributed by atoms with van der Waals surface area (Å²) < 4.78 is 5.22. The SMILES string of the molecule is CCNC(=NCC(C)CN1CCN(C)CC1)NCCNC(=O)OC(C)(C)C. The number of guanidine groups is 1. The topological polar surface area (TPSA) is 81.2 Å². The molecule has 0 bridgehead atoms. The van der Waals surface area contributed by atoms with Gasteiger partial charge in [0.25, 0.3) is 0 Å². The van der Waals surface area contributed by atoms with Crippen molar-refractivity contribution in [3.05, 3.63) is 0 Å². The third-order valence-electron chi connectivity index (χ3n) is 4.16. The van der Waals surface area contributed by atoms with Gasteiger partial charge in [-0.1, -0.05) is 6.92 Å². The van der Waals surface area contributed by atoms with Crippen molar-refractivity contribution in [2.75, 3.05) is 66.0 Å². The number of aliphatic imine (C=N–C) groups is 1. The molecule has 1 rings (SSSR count). The molecule has 1 aliphatic heterocycles. The summed E-state index contributed by atoms with van der Waals surface area (Å²) in [5.74, 6) is 1.29. The number of piperazine rings is 1. The first-order valence-corrected chi connectivity index (χ1v) is 10.1. The molecule has 1 unspecified atom stereocenters. The maximum absolute atomic E-state index is 11.6. The first-order chi connectivity index (χ1) is 12.7. The Morgan fingerprint density at radius 3 is 2.33 bits per heavy atom. The predicted molar refractivity (Wildman–Crippen MR) is 111 cm³/mol. The molecule has 158 valence electrons. The second-order valence-corrected chi connectivity index (χ2v) is 8.28. The molecule has 27 heavy (non-hydrogen) atoms. The van der Waals surface area contributed by atoms with Crippen molar-refractivity contribution in [1.82, 2.24) is 25.8 Å². The Morgan fingerprint density at radius 1 is 1.11 bits per heavy atom. The van der Waals surface area contributed by atoms with Crippen molar-refractivity contribution in [2.24, 2.45) is 10.9 Å². The Balaban J connectivity index is 2.29. The van der Waals surface area contributed by atoms with E-state index < -0.39 is 11.7 Å². The number of hydrogen-bond acceptors (Lipinski definition) is 5. The van der Waals surface area contributed by atoms with Gasteiger partial charge < -0.3 is 30.5 Å². The molecule has 8 nitrogen and oxygen atoms in total. The van der Waals surface area contributed by atoms with Gasteiger partial charge in [0.15, 0.2) is 5.96 Å². The van der Waals surface area contributed by atoms with Crippen LogP contribution in [-0.4, -0.2) is 93.4 Å². The lowest BCUT2D eigenvalue weighted by Gasteiger charge is -2.33. The molecular formula is C19H40N6O2. The van der Waals surface area contributed by atoms with Crippen molar-refractivity contribution in [2.45, 2.75) is 40.2 Å². The average Bonchev–Trinajstić information content (AvgIpc) is 2.57. The third-order valence-corrected chi connectivity index (χ3v) is 4.16. The Labute approximate surface area is 165 Å². The van der Waals surface area contributed by atoms with E-state index in [0.29, 0.717) is 19.0 Å². The fourth-order valence-electron chi connectivity index (χ4n) is 2.78. The van der Waals surface area contributed by atoms with Gasteiger partial charge in [-0.05, 0) is 40.7 Å². The molecule has 0 aliphatic carbocycles. The summed E-state index contributed by atoms with van der Waals surface area (Å²) >= 11 is 0. The summed E-state index contributed by atoms with van der Waals surface area (Å²) in [5.41, 5.74) is -0.478. The molecule has 1 fully saturated rings. The van der Waals surface area contributed by atoms with Crippen LogP contribution in [0.2, 0.25) is 0 Å². The van der Waals surface area contributed by atoms with Gasteiger partial charge in [-0.3, -0.25) is 4.99 Å². The number of carbonyl (C=O) groups excluding carboxylic acids is 1. The normalized spacial score (nSPS) is 18.1. The van der Waals surface area contributed by atoms with Crippen LogP contribution >= 0.6 is 0 Å². The zero-order valence-electron chi connectivity index (χ0n) is 18.1. The number of ether oxygens (including phenoxy) is 1. The number of likely N-dealkylation sites (N-methyl/N-ethyl adjacent to an activating group) is 1. The molecule has 0 aromatic heterocycles. The van der Waals surface area contributed by atoms with Crippen LogP contribution in [-0.2, 0) is 4.74 Å². The van der Waals surface area contributed by atoms with Crippen molar-refractivity contribution in [1.29, 1.82) is 0 Å². The van der Waals surface area contributed by atoms with Crippen molar-refractivity contribution in [3.63, 3.8) is 0 Å². The molecule has 0 aromatic rings. The van der Waals surface area contributed by atoms with E-state index in [1.54, 1.807) is 0 Å². The molecule has 0 saturated carbocycles. The lowest BCUT2D eigenvalue weighted by atomic mass is 10.1. The molecule has 8 heteroatoms. The zero-order valence-corrected chi connectivity index (χ0v) is 18.1. The second kappa shape index (κ2) is 12.0. The van der Waals surface area contributed by atoms with Gasteiger partial charge in [0.05, 0.1) is 0 Å². The number of carbonyl (C=O) groups is 1. The second-order valence-electron chi connectivity index (χ2n) is 8.28. The van der Waals surface area contributed by atoms with Gasteiger partial charge in [-0.25, -0.2) is 4.79 Å². The standard InChI is InChI=1S/C19H40N6O2/c1-7-20-17(21-8-9-22-18(26)27-19(3,4)5)23-14-16(2)15-25-12-10-24(6)11-13-25/h16H,7-15H2,1-6H3,(H,22,26)(H2,20,21,23).